The van der Waals surface area contributed by atoms with Gasteiger partial charge in [-0.1, -0.05) is 26.0 Å². The fourth-order valence-electron chi connectivity index (χ4n) is 4.74. The number of esters is 1. The van der Waals surface area contributed by atoms with Crippen LogP contribution in [-0.2, 0) is 22.5 Å². The van der Waals surface area contributed by atoms with Crippen molar-refractivity contribution < 1.29 is 14.1 Å². The normalized spacial score (nSPS) is 18.4. The highest BCUT2D eigenvalue weighted by atomic mass is 16.6. The molecule has 0 bridgehead atoms. The number of rotatable bonds is 7. The molecule has 33 heavy (non-hydrogen) atoms. The molecule has 1 aliphatic carbocycles. The summed E-state index contributed by atoms with van der Waals surface area (Å²) in [4.78, 5) is 18.8. The third kappa shape index (κ3) is 6.14. The smallest absolute Gasteiger partial charge is 0.307 e. The van der Waals surface area contributed by atoms with E-state index >= 15 is 0 Å². The van der Waals surface area contributed by atoms with Gasteiger partial charge in [0, 0.05) is 31.2 Å². The van der Waals surface area contributed by atoms with Crippen LogP contribution in [0, 0.1) is 5.41 Å². The third-order valence-corrected chi connectivity index (χ3v) is 6.66. The molecule has 1 fully saturated rings. The van der Waals surface area contributed by atoms with Gasteiger partial charge in [0.25, 0.3) is 5.95 Å². The van der Waals surface area contributed by atoms with E-state index in [1.54, 1.807) is 0 Å². The highest BCUT2D eigenvalue weighted by molar-refractivity contribution is 5.70. The molecule has 0 radical (unpaired) electrons. The SMILES string of the molecule is CC1(C)CCC(c2nc(N3CCc4cc(CNCCC(=O)OC(C)(C)C)ccc43)no2)CC1. The number of ether oxygens (including phenoxy) is 1. The van der Waals surface area contributed by atoms with Crippen molar-refractivity contribution in [3.63, 3.8) is 0 Å². The van der Waals surface area contributed by atoms with E-state index in [0.29, 0.717) is 30.2 Å². The predicted octanol–water partition coefficient (Wildman–Crippen LogP) is 5.27. The standard InChI is InChI=1S/C26H38N4O3/c1-25(2,3)32-22(31)10-14-27-17-18-6-7-21-20(16-18)11-15-30(21)24-28-23(33-29-24)19-8-12-26(4,5)13-9-19/h6-7,16,19,27H,8-15,17H2,1-5H3. The maximum absolute atomic E-state index is 11.8. The fraction of sp³-hybridized carbons (Fsp3) is 0.654. The van der Waals surface area contributed by atoms with Gasteiger partial charge in [-0.3, -0.25) is 4.79 Å². The van der Waals surface area contributed by atoms with Crippen LogP contribution in [0.2, 0.25) is 0 Å². The minimum Gasteiger partial charge on any atom is -0.460 e. The molecule has 7 heteroatoms. The average Bonchev–Trinajstić information content (AvgIpc) is 3.36. The molecule has 1 aromatic carbocycles. The second kappa shape index (κ2) is 9.45. The van der Waals surface area contributed by atoms with Crippen LogP contribution >= 0.6 is 0 Å². The molecular formula is C26H38N4O3. The number of carbonyl (C=O) groups excluding carboxylic acids is 1. The summed E-state index contributed by atoms with van der Waals surface area (Å²) >= 11 is 0. The Hall–Kier alpha value is -2.41. The Morgan fingerprint density at radius 3 is 2.76 bits per heavy atom. The Morgan fingerprint density at radius 1 is 1.27 bits per heavy atom. The van der Waals surface area contributed by atoms with Gasteiger partial charge >= 0.3 is 5.97 Å². The van der Waals surface area contributed by atoms with Crippen molar-refractivity contribution >= 4 is 17.6 Å². The molecule has 1 aromatic heterocycles. The molecule has 4 rings (SSSR count). The number of hydrogen-bond donors (Lipinski definition) is 1. The van der Waals surface area contributed by atoms with Gasteiger partial charge in [0.15, 0.2) is 0 Å². The quantitative estimate of drug-likeness (QED) is 0.451. The van der Waals surface area contributed by atoms with E-state index in [2.05, 4.69) is 47.4 Å². The highest BCUT2D eigenvalue weighted by Crippen LogP contribution is 2.42. The van der Waals surface area contributed by atoms with Crippen LogP contribution in [0.5, 0.6) is 0 Å². The summed E-state index contributed by atoms with van der Waals surface area (Å²) in [5, 5.41) is 7.66. The van der Waals surface area contributed by atoms with Crippen molar-refractivity contribution in [3.8, 4) is 0 Å². The summed E-state index contributed by atoms with van der Waals surface area (Å²) in [6, 6.07) is 6.51. The van der Waals surface area contributed by atoms with Crippen molar-refractivity contribution in [1.29, 1.82) is 0 Å². The van der Waals surface area contributed by atoms with Crippen LogP contribution in [-0.4, -0.2) is 34.8 Å². The Labute approximate surface area is 197 Å². The van der Waals surface area contributed by atoms with Crippen molar-refractivity contribution in [3.05, 3.63) is 35.2 Å². The molecule has 2 aliphatic rings. The first-order valence-electron chi connectivity index (χ1n) is 12.3. The molecule has 1 saturated carbocycles. The molecule has 1 aliphatic heterocycles. The fourth-order valence-corrected chi connectivity index (χ4v) is 4.74. The molecule has 0 unspecified atom stereocenters. The van der Waals surface area contributed by atoms with Crippen LogP contribution in [0.1, 0.15) is 89.7 Å². The molecule has 0 amide bonds. The van der Waals surface area contributed by atoms with Gasteiger partial charge in [0.1, 0.15) is 5.60 Å². The van der Waals surface area contributed by atoms with Gasteiger partial charge in [0.05, 0.1) is 6.42 Å². The summed E-state index contributed by atoms with van der Waals surface area (Å²) in [6.07, 6.45) is 5.98. The van der Waals surface area contributed by atoms with E-state index in [0.717, 1.165) is 43.9 Å². The summed E-state index contributed by atoms with van der Waals surface area (Å²) in [5.41, 5.74) is 3.65. The molecule has 2 heterocycles. The molecule has 0 spiro atoms. The molecule has 180 valence electrons. The van der Waals surface area contributed by atoms with Crippen molar-refractivity contribution in [2.45, 2.75) is 91.2 Å². The first-order valence-corrected chi connectivity index (χ1v) is 12.3. The first-order chi connectivity index (χ1) is 15.6. The predicted molar refractivity (Wildman–Crippen MR) is 129 cm³/mol. The Balaban J connectivity index is 1.31. The van der Waals surface area contributed by atoms with Gasteiger partial charge in [-0.15, -0.1) is 0 Å². The maximum atomic E-state index is 11.8. The van der Waals surface area contributed by atoms with Gasteiger partial charge in [-0.25, -0.2) is 0 Å². The lowest BCUT2D eigenvalue weighted by Crippen LogP contribution is -2.26. The lowest BCUT2D eigenvalue weighted by molar-refractivity contribution is -0.154. The van der Waals surface area contributed by atoms with Crippen LogP contribution in [0.25, 0.3) is 0 Å². The second-order valence-corrected chi connectivity index (χ2v) is 11.2. The number of fused-ring (bicyclic) bond motifs is 1. The summed E-state index contributed by atoms with van der Waals surface area (Å²) < 4.78 is 11.0. The molecule has 7 nitrogen and oxygen atoms in total. The maximum Gasteiger partial charge on any atom is 0.307 e. The van der Waals surface area contributed by atoms with Crippen LogP contribution in [0.4, 0.5) is 11.6 Å². The van der Waals surface area contributed by atoms with Gasteiger partial charge in [-0.05, 0) is 80.6 Å². The van der Waals surface area contributed by atoms with E-state index in [9.17, 15) is 4.79 Å². The van der Waals surface area contributed by atoms with E-state index in [1.165, 1.54) is 24.0 Å². The third-order valence-electron chi connectivity index (χ3n) is 6.66. The lowest BCUT2D eigenvalue weighted by Gasteiger charge is -2.32. The Kier molecular flexibility index (Phi) is 6.80. The van der Waals surface area contributed by atoms with Gasteiger partial charge in [0.2, 0.25) is 5.89 Å². The van der Waals surface area contributed by atoms with Crippen molar-refractivity contribution in [2.75, 3.05) is 18.0 Å². The Morgan fingerprint density at radius 2 is 2.03 bits per heavy atom. The molecule has 0 atom stereocenters. The zero-order valence-corrected chi connectivity index (χ0v) is 20.7. The number of benzene rings is 1. The number of hydrogen-bond acceptors (Lipinski definition) is 7. The largest absolute Gasteiger partial charge is 0.460 e. The molecule has 2 aromatic rings. The number of anilines is 2. The summed E-state index contributed by atoms with van der Waals surface area (Å²) in [5.74, 6) is 1.68. The minimum atomic E-state index is -0.435. The highest BCUT2D eigenvalue weighted by Gasteiger charge is 2.32. The van der Waals surface area contributed by atoms with E-state index in [-0.39, 0.29) is 5.97 Å². The molecule has 0 saturated heterocycles. The lowest BCUT2D eigenvalue weighted by atomic mass is 9.73. The summed E-state index contributed by atoms with van der Waals surface area (Å²) in [7, 11) is 0. The first kappa shape index (κ1) is 23.7. The zero-order chi connectivity index (χ0) is 23.6. The number of nitrogens with one attached hydrogen (secondary N) is 1. The zero-order valence-electron chi connectivity index (χ0n) is 20.7. The van der Waals surface area contributed by atoms with E-state index < -0.39 is 5.60 Å². The Bertz CT molecular complexity index is 966. The van der Waals surface area contributed by atoms with Crippen LogP contribution < -0.4 is 10.2 Å². The van der Waals surface area contributed by atoms with Crippen molar-refractivity contribution in [1.82, 2.24) is 15.5 Å². The van der Waals surface area contributed by atoms with Gasteiger partial charge < -0.3 is 19.5 Å². The number of nitrogens with zero attached hydrogens (tertiary/aromatic N) is 3. The average molecular weight is 455 g/mol. The monoisotopic (exact) mass is 454 g/mol. The van der Waals surface area contributed by atoms with E-state index in [1.807, 2.05) is 20.8 Å². The minimum absolute atomic E-state index is 0.170. The van der Waals surface area contributed by atoms with Gasteiger partial charge in [-0.2, -0.15) is 4.98 Å². The topological polar surface area (TPSA) is 80.5 Å². The number of carbonyl (C=O) groups is 1. The van der Waals surface area contributed by atoms with Crippen LogP contribution in [0.15, 0.2) is 22.7 Å². The second-order valence-electron chi connectivity index (χ2n) is 11.2. The molecule has 1 N–H and O–H groups in total. The van der Waals surface area contributed by atoms with E-state index in [4.69, 9.17) is 14.2 Å². The van der Waals surface area contributed by atoms with Crippen LogP contribution in [0.3, 0.4) is 0 Å². The molecular weight excluding hydrogens is 416 g/mol. The van der Waals surface area contributed by atoms with Crippen molar-refractivity contribution in [2.24, 2.45) is 5.41 Å². The number of aromatic nitrogens is 2. The summed E-state index contributed by atoms with van der Waals surface area (Å²) in [6.45, 7) is 12.5.